The number of aryl methyl sites for hydroxylation is 1. The van der Waals surface area contributed by atoms with Crippen molar-refractivity contribution in [3.05, 3.63) is 97.3 Å². The van der Waals surface area contributed by atoms with Gasteiger partial charge in [0.1, 0.15) is 36.5 Å². The van der Waals surface area contributed by atoms with E-state index in [0.29, 0.717) is 12.2 Å². The molecule has 0 aromatic heterocycles. The lowest BCUT2D eigenvalue weighted by Crippen LogP contribution is -1.90. The molecule has 3 aromatic rings. The van der Waals surface area contributed by atoms with E-state index in [1.165, 1.54) is 36.2 Å². The highest BCUT2D eigenvalue weighted by atomic mass is 16.5. The fraction of sp³-hybridized carbons (Fsp3) is 0.115. The second-order valence-corrected chi connectivity index (χ2v) is 6.52. The van der Waals surface area contributed by atoms with Crippen LogP contribution in [0.25, 0.3) is 22.3 Å². The van der Waals surface area contributed by atoms with E-state index in [2.05, 4.69) is 29.9 Å². The van der Waals surface area contributed by atoms with Gasteiger partial charge in [-0.15, -0.1) is 0 Å². The van der Waals surface area contributed by atoms with Crippen molar-refractivity contribution in [2.45, 2.75) is 13.3 Å². The van der Waals surface area contributed by atoms with E-state index in [-0.39, 0.29) is 0 Å². The highest BCUT2D eigenvalue weighted by molar-refractivity contribution is 5.74. The van der Waals surface area contributed by atoms with Gasteiger partial charge in [0.05, 0.1) is 7.11 Å². The summed E-state index contributed by atoms with van der Waals surface area (Å²) in [4.78, 5) is 10.1. The Morgan fingerprint density at radius 2 is 1.29 bits per heavy atom. The summed E-state index contributed by atoms with van der Waals surface area (Å²) in [6.45, 7) is 2.48. The van der Waals surface area contributed by atoms with Crippen LogP contribution >= 0.6 is 0 Å². The van der Waals surface area contributed by atoms with E-state index in [1.807, 2.05) is 48.5 Å². The minimum absolute atomic E-state index is 0.335. The maximum atomic E-state index is 10.1. The molecule has 31 heavy (non-hydrogen) atoms. The van der Waals surface area contributed by atoms with Crippen molar-refractivity contribution < 1.29 is 23.7 Å². The monoisotopic (exact) mass is 416 g/mol. The Balaban J connectivity index is 1.77. The number of benzene rings is 3. The first-order valence-corrected chi connectivity index (χ1v) is 9.84. The molecule has 158 valence electrons. The zero-order valence-corrected chi connectivity index (χ0v) is 17.5. The fourth-order valence-corrected chi connectivity index (χ4v) is 3.12. The van der Waals surface area contributed by atoms with Gasteiger partial charge >= 0.3 is 0 Å². The molecule has 0 aliphatic heterocycles. The standard InChI is InChI=1S/C26H24O5/c1-3-20-18-23(21-4-9-24(10-5-21)30-16-14-28-2)8-13-26(20)22-6-11-25(12-7-22)31-17-15-29-19-27/h4-19H,3H2,1-2H3/b16-14-,17-15-. The van der Waals surface area contributed by atoms with E-state index in [4.69, 9.17) is 14.2 Å². The molecule has 0 aliphatic carbocycles. The summed E-state index contributed by atoms with van der Waals surface area (Å²) < 4.78 is 20.1. The second kappa shape index (κ2) is 11.3. The molecular weight excluding hydrogens is 392 g/mol. The van der Waals surface area contributed by atoms with E-state index in [1.54, 1.807) is 7.11 Å². The summed E-state index contributed by atoms with van der Waals surface area (Å²) in [7, 11) is 1.57. The highest BCUT2D eigenvalue weighted by Gasteiger charge is 2.07. The van der Waals surface area contributed by atoms with Crippen molar-refractivity contribution >= 4 is 6.47 Å². The third kappa shape index (κ3) is 6.00. The van der Waals surface area contributed by atoms with Crippen LogP contribution in [0, 0.1) is 0 Å². The van der Waals surface area contributed by atoms with Crippen molar-refractivity contribution in [3.63, 3.8) is 0 Å². The molecule has 0 N–H and O–H groups in total. The Morgan fingerprint density at radius 1 is 0.710 bits per heavy atom. The lowest BCUT2D eigenvalue weighted by molar-refractivity contribution is -0.123. The lowest BCUT2D eigenvalue weighted by Gasteiger charge is -2.12. The number of carbonyl (C=O) groups is 1. The number of carbonyl (C=O) groups excluding carboxylic acids is 1. The SMILES string of the molecule is CCc1cc(-c2ccc(O/C=C\OC)cc2)ccc1-c1ccc(O/C=C\OC=O)cc1. The van der Waals surface area contributed by atoms with Crippen molar-refractivity contribution in [3.8, 4) is 33.8 Å². The lowest BCUT2D eigenvalue weighted by atomic mass is 9.93. The molecule has 0 atom stereocenters. The first kappa shape index (κ1) is 21.7. The third-order valence-electron chi connectivity index (χ3n) is 4.63. The molecule has 0 saturated heterocycles. The predicted molar refractivity (Wildman–Crippen MR) is 120 cm³/mol. The van der Waals surface area contributed by atoms with Gasteiger partial charge in [0, 0.05) is 0 Å². The van der Waals surface area contributed by atoms with Crippen LogP contribution in [0.1, 0.15) is 12.5 Å². The van der Waals surface area contributed by atoms with Gasteiger partial charge in [-0.05, 0) is 58.5 Å². The van der Waals surface area contributed by atoms with Gasteiger partial charge in [-0.2, -0.15) is 0 Å². The summed E-state index contributed by atoms with van der Waals surface area (Å²) in [5.74, 6) is 1.41. The number of hydrogen-bond acceptors (Lipinski definition) is 5. The van der Waals surface area contributed by atoms with Crippen molar-refractivity contribution in [1.82, 2.24) is 0 Å². The van der Waals surface area contributed by atoms with Crippen LogP contribution in [0.2, 0.25) is 0 Å². The molecule has 0 fully saturated rings. The number of rotatable bonds is 10. The maximum absolute atomic E-state index is 10.1. The summed E-state index contributed by atoms with van der Waals surface area (Å²) in [6.07, 6.45) is 6.40. The number of ether oxygens (including phenoxy) is 4. The first-order valence-electron chi connectivity index (χ1n) is 9.84. The van der Waals surface area contributed by atoms with Crippen LogP contribution in [0.15, 0.2) is 91.8 Å². The highest BCUT2D eigenvalue weighted by Crippen LogP contribution is 2.31. The minimum Gasteiger partial charge on any atom is -0.501 e. The van der Waals surface area contributed by atoms with Crippen LogP contribution in [0.5, 0.6) is 11.5 Å². The Bertz CT molecular complexity index is 1030. The third-order valence-corrected chi connectivity index (χ3v) is 4.63. The average Bonchev–Trinajstić information content (AvgIpc) is 2.82. The Hall–Kier alpha value is -3.99. The van der Waals surface area contributed by atoms with E-state index >= 15 is 0 Å². The molecule has 0 spiro atoms. The molecule has 3 rings (SSSR count). The van der Waals surface area contributed by atoms with E-state index in [0.717, 1.165) is 28.9 Å². The molecular formula is C26H24O5. The molecule has 3 aromatic carbocycles. The molecule has 0 heterocycles. The van der Waals surface area contributed by atoms with Gasteiger partial charge in [0.15, 0.2) is 0 Å². The Kier molecular flexibility index (Phi) is 7.89. The van der Waals surface area contributed by atoms with Gasteiger partial charge in [0.2, 0.25) is 0 Å². The normalized spacial score (nSPS) is 10.9. The fourth-order valence-electron chi connectivity index (χ4n) is 3.12. The Labute approximate surface area is 182 Å². The van der Waals surface area contributed by atoms with Crippen LogP contribution < -0.4 is 9.47 Å². The summed E-state index contributed by atoms with van der Waals surface area (Å²) in [5, 5.41) is 0. The molecule has 0 saturated carbocycles. The van der Waals surface area contributed by atoms with Gasteiger partial charge < -0.3 is 18.9 Å². The van der Waals surface area contributed by atoms with Gasteiger partial charge in [-0.3, -0.25) is 4.79 Å². The molecule has 0 bridgehead atoms. The largest absolute Gasteiger partial charge is 0.501 e. The van der Waals surface area contributed by atoms with Crippen LogP contribution in [0.3, 0.4) is 0 Å². The number of methoxy groups -OCH3 is 1. The summed E-state index contributed by atoms with van der Waals surface area (Å²) >= 11 is 0. The van der Waals surface area contributed by atoms with Crippen LogP contribution in [0.4, 0.5) is 0 Å². The van der Waals surface area contributed by atoms with Crippen molar-refractivity contribution in [2.75, 3.05) is 7.11 Å². The topological polar surface area (TPSA) is 54.0 Å². The predicted octanol–water partition coefficient (Wildman–Crippen LogP) is 6.10. The minimum atomic E-state index is 0.335. The zero-order chi connectivity index (χ0) is 21.9. The van der Waals surface area contributed by atoms with Gasteiger partial charge in [0.25, 0.3) is 6.47 Å². The van der Waals surface area contributed by atoms with Crippen molar-refractivity contribution in [1.29, 1.82) is 0 Å². The van der Waals surface area contributed by atoms with Gasteiger partial charge in [-0.25, -0.2) is 0 Å². The first-order chi connectivity index (χ1) is 15.2. The van der Waals surface area contributed by atoms with Gasteiger partial charge in [-0.1, -0.05) is 49.4 Å². The summed E-state index contributed by atoms with van der Waals surface area (Å²) in [6, 6.07) is 22.2. The smallest absolute Gasteiger partial charge is 0.298 e. The Morgan fingerprint density at radius 3 is 1.87 bits per heavy atom. The summed E-state index contributed by atoms with van der Waals surface area (Å²) in [5.41, 5.74) is 5.82. The molecule has 0 radical (unpaired) electrons. The van der Waals surface area contributed by atoms with Crippen LogP contribution in [-0.2, 0) is 20.7 Å². The number of hydrogen-bond donors (Lipinski definition) is 0. The van der Waals surface area contributed by atoms with E-state index in [9.17, 15) is 4.79 Å². The molecule has 0 aliphatic rings. The van der Waals surface area contributed by atoms with Crippen molar-refractivity contribution in [2.24, 2.45) is 0 Å². The second-order valence-electron chi connectivity index (χ2n) is 6.52. The quantitative estimate of drug-likeness (QED) is 0.295. The maximum Gasteiger partial charge on any atom is 0.298 e. The average molecular weight is 416 g/mol. The zero-order valence-electron chi connectivity index (χ0n) is 17.5. The molecule has 5 nitrogen and oxygen atoms in total. The van der Waals surface area contributed by atoms with Crippen LogP contribution in [-0.4, -0.2) is 13.6 Å². The van der Waals surface area contributed by atoms with E-state index < -0.39 is 0 Å². The molecule has 0 amide bonds. The molecule has 0 unspecified atom stereocenters. The molecule has 5 heteroatoms.